The molecule has 0 aliphatic carbocycles. The van der Waals surface area contributed by atoms with Crippen molar-refractivity contribution in [3.63, 3.8) is 0 Å². The molecule has 17 heavy (non-hydrogen) atoms. The highest BCUT2D eigenvalue weighted by molar-refractivity contribution is 5.42. The third kappa shape index (κ3) is 4.41. The van der Waals surface area contributed by atoms with Crippen molar-refractivity contribution in [3.05, 3.63) is 24.0 Å². The first-order chi connectivity index (χ1) is 8.17. The van der Waals surface area contributed by atoms with E-state index in [9.17, 15) is 0 Å². The molecule has 1 N–H and O–H groups in total. The van der Waals surface area contributed by atoms with Gasteiger partial charge < -0.3 is 5.32 Å². The summed E-state index contributed by atoms with van der Waals surface area (Å²) in [5.41, 5.74) is 2.10. The quantitative estimate of drug-likeness (QED) is 0.817. The highest BCUT2D eigenvalue weighted by Gasteiger charge is 2.10. The van der Waals surface area contributed by atoms with Crippen LogP contribution in [0, 0.1) is 11.3 Å². The maximum absolute atomic E-state index is 8.64. The van der Waals surface area contributed by atoms with Gasteiger partial charge in [-0.1, -0.05) is 0 Å². The molecule has 1 heterocycles. The van der Waals surface area contributed by atoms with Gasteiger partial charge in [-0.05, 0) is 26.0 Å². The molecule has 0 aliphatic heterocycles. The summed E-state index contributed by atoms with van der Waals surface area (Å²) in [7, 11) is 1.90. The molecule has 1 aromatic heterocycles. The number of aromatic nitrogens is 1. The smallest absolute Gasteiger partial charge is 0.0635 e. The average molecular weight is 232 g/mol. The number of nitrogens with zero attached hydrogens (tertiary/aromatic N) is 3. The molecule has 0 bridgehead atoms. The second-order valence-electron chi connectivity index (χ2n) is 4.26. The molecule has 0 saturated heterocycles. The van der Waals surface area contributed by atoms with Gasteiger partial charge in [0.15, 0.2) is 0 Å². The van der Waals surface area contributed by atoms with Crippen LogP contribution in [0.15, 0.2) is 18.3 Å². The molecule has 0 fully saturated rings. The average Bonchev–Trinajstić information content (AvgIpc) is 2.34. The monoisotopic (exact) mass is 232 g/mol. The van der Waals surface area contributed by atoms with Crippen molar-refractivity contribution in [1.29, 1.82) is 5.26 Å². The molecular formula is C13H20N4. The van der Waals surface area contributed by atoms with Crippen LogP contribution in [0.1, 0.15) is 26.0 Å². The highest BCUT2D eigenvalue weighted by atomic mass is 15.1. The Hall–Kier alpha value is -1.60. The number of anilines is 1. The minimum Gasteiger partial charge on any atom is -0.388 e. The van der Waals surface area contributed by atoms with Gasteiger partial charge in [-0.2, -0.15) is 5.26 Å². The molecule has 0 aromatic carbocycles. The first-order valence-corrected chi connectivity index (χ1v) is 5.91. The third-order valence-electron chi connectivity index (χ3n) is 2.71. The summed E-state index contributed by atoms with van der Waals surface area (Å²) < 4.78 is 0. The van der Waals surface area contributed by atoms with E-state index in [-0.39, 0.29) is 0 Å². The Bertz CT molecular complexity index is 381. The predicted octanol–water partition coefficient (Wildman–Crippen LogP) is 2.25. The summed E-state index contributed by atoms with van der Waals surface area (Å²) in [6.45, 7) is 5.85. The third-order valence-corrected chi connectivity index (χ3v) is 2.71. The topological polar surface area (TPSA) is 52.0 Å². The molecule has 1 rings (SSSR count). The van der Waals surface area contributed by atoms with Gasteiger partial charge >= 0.3 is 0 Å². The van der Waals surface area contributed by atoms with E-state index in [4.69, 9.17) is 5.26 Å². The van der Waals surface area contributed by atoms with Crippen molar-refractivity contribution >= 4 is 5.69 Å². The van der Waals surface area contributed by atoms with Crippen molar-refractivity contribution in [3.8, 4) is 6.07 Å². The Kier molecular flexibility index (Phi) is 5.44. The summed E-state index contributed by atoms with van der Waals surface area (Å²) >= 11 is 0. The SMILES string of the molecule is CNc1ccnc(CN(CCC#N)C(C)C)c1. The molecular weight excluding hydrogens is 212 g/mol. The standard InChI is InChI=1S/C13H20N4/c1-11(2)17(8-4-6-14)10-13-9-12(15-3)5-7-16-13/h5,7,9,11H,4,8,10H2,1-3H3,(H,15,16). The molecule has 0 radical (unpaired) electrons. The number of nitriles is 1. The minimum atomic E-state index is 0.420. The zero-order valence-electron chi connectivity index (χ0n) is 10.8. The molecule has 4 nitrogen and oxygen atoms in total. The zero-order chi connectivity index (χ0) is 12.7. The lowest BCUT2D eigenvalue weighted by molar-refractivity contribution is 0.215. The van der Waals surface area contributed by atoms with Crippen molar-refractivity contribution in [1.82, 2.24) is 9.88 Å². The van der Waals surface area contributed by atoms with Gasteiger partial charge in [0.1, 0.15) is 0 Å². The van der Waals surface area contributed by atoms with E-state index in [0.29, 0.717) is 12.5 Å². The number of pyridine rings is 1. The molecule has 4 heteroatoms. The Balaban J connectivity index is 2.68. The van der Waals surface area contributed by atoms with Crippen LogP contribution >= 0.6 is 0 Å². The fourth-order valence-electron chi connectivity index (χ4n) is 1.64. The van der Waals surface area contributed by atoms with E-state index in [1.54, 1.807) is 0 Å². The molecule has 0 saturated carbocycles. The van der Waals surface area contributed by atoms with Crippen LogP contribution in [0.2, 0.25) is 0 Å². The van der Waals surface area contributed by atoms with Gasteiger partial charge in [0, 0.05) is 44.5 Å². The predicted molar refractivity (Wildman–Crippen MR) is 69.6 cm³/mol. The minimum absolute atomic E-state index is 0.420. The number of hydrogen-bond donors (Lipinski definition) is 1. The van der Waals surface area contributed by atoms with E-state index in [1.807, 2.05) is 25.4 Å². The first-order valence-electron chi connectivity index (χ1n) is 5.91. The summed E-state index contributed by atoms with van der Waals surface area (Å²) in [4.78, 5) is 6.61. The Morgan fingerprint density at radius 2 is 2.29 bits per heavy atom. The second kappa shape index (κ2) is 6.87. The second-order valence-corrected chi connectivity index (χ2v) is 4.26. The summed E-state index contributed by atoms with van der Waals surface area (Å²) in [5, 5.41) is 11.7. The first kappa shape index (κ1) is 13.5. The van der Waals surface area contributed by atoms with Gasteiger partial charge in [-0.3, -0.25) is 9.88 Å². The lowest BCUT2D eigenvalue weighted by Gasteiger charge is -2.25. The Morgan fingerprint density at radius 3 is 2.88 bits per heavy atom. The van der Waals surface area contributed by atoms with E-state index >= 15 is 0 Å². The normalized spacial score (nSPS) is 10.6. The summed E-state index contributed by atoms with van der Waals surface area (Å²) in [5.74, 6) is 0. The van der Waals surface area contributed by atoms with Gasteiger partial charge in [-0.15, -0.1) is 0 Å². The van der Waals surface area contributed by atoms with Crippen molar-refractivity contribution in [2.75, 3.05) is 18.9 Å². The summed E-state index contributed by atoms with van der Waals surface area (Å²) in [6, 6.07) is 6.59. The van der Waals surface area contributed by atoms with Crippen LogP contribution in [0.3, 0.4) is 0 Å². The highest BCUT2D eigenvalue weighted by Crippen LogP contribution is 2.11. The Labute approximate surface area is 103 Å². The van der Waals surface area contributed by atoms with Crippen LogP contribution in [0.25, 0.3) is 0 Å². The molecule has 0 spiro atoms. The van der Waals surface area contributed by atoms with Crippen molar-refractivity contribution in [2.45, 2.75) is 32.9 Å². The van der Waals surface area contributed by atoms with Crippen LogP contribution in [0.5, 0.6) is 0 Å². The van der Waals surface area contributed by atoms with E-state index in [1.165, 1.54) is 0 Å². The maximum Gasteiger partial charge on any atom is 0.0635 e. The number of rotatable bonds is 6. The van der Waals surface area contributed by atoms with Crippen LogP contribution in [-0.2, 0) is 6.54 Å². The number of hydrogen-bond acceptors (Lipinski definition) is 4. The Morgan fingerprint density at radius 1 is 1.53 bits per heavy atom. The summed E-state index contributed by atoms with van der Waals surface area (Å²) in [6.07, 6.45) is 2.37. The molecule has 0 amide bonds. The zero-order valence-corrected chi connectivity index (χ0v) is 10.8. The van der Waals surface area contributed by atoms with Gasteiger partial charge in [-0.25, -0.2) is 0 Å². The molecule has 1 aromatic rings. The largest absolute Gasteiger partial charge is 0.388 e. The van der Waals surface area contributed by atoms with Gasteiger partial charge in [0.2, 0.25) is 0 Å². The molecule has 0 atom stereocenters. The fourth-order valence-corrected chi connectivity index (χ4v) is 1.64. The lowest BCUT2D eigenvalue weighted by atomic mass is 10.2. The number of nitrogens with one attached hydrogen (secondary N) is 1. The molecule has 0 unspecified atom stereocenters. The fraction of sp³-hybridized carbons (Fsp3) is 0.538. The van der Waals surface area contributed by atoms with Crippen LogP contribution in [-0.4, -0.2) is 29.5 Å². The molecule has 92 valence electrons. The van der Waals surface area contributed by atoms with Crippen LogP contribution < -0.4 is 5.32 Å². The van der Waals surface area contributed by atoms with Crippen molar-refractivity contribution < 1.29 is 0 Å². The van der Waals surface area contributed by atoms with Gasteiger partial charge in [0.05, 0.1) is 11.8 Å². The van der Waals surface area contributed by atoms with Crippen LogP contribution in [0.4, 0.5) is 5.69 Å². The molecule has 0 aliphatic rings. The maximum atomic E-state index is 8.64. The van der Waals surface area contributed by atoms with E-state index < -0.39 is 0 Å². The van der Waals surface area contributed by atoms with Crippen molar-refractivity contribution in [2.24, 2.45) is 0 Å². The van der Waals surface area contributed by atoms with Gasteiger partial charge in [0.25, 0.3) is 0 Å². The van der Waals surface area contributed by atoms with E-state index in [0.717, 1.165) is 24.5 Å². The van der Waals surface area contributed by atoms with E-state index in [2.05, 4.69) is 35.1 Å². The lowest BCUT2D eigenvalue weighted by Crippen LogP contribution is -2.31.